The Balaban J connectivity index is 2.43. The molecule has 0 bridgehead atoms. The topological polar surface area (TPSA) is 9.23 Å². The van der Waals surface area contributed by atoms with E-state index in [4.69, 9.17) is 4.74 Å². The minimum Gasteiger partial charge on any atom is -0.497 e. The zero-order chi connectivity index (χ0) is 10.4. The zero-order valence-corrected chi connectivity index (χ0v) is 10.3. The third kappa shape index (κ3) is 3.84. The van der Waals surface area contributed by atoms with Crippen LogP contribution in [-0.2, 0) is 0 Å². The van der Waals surface area contributed by atoms with Crippen molar-refractivity contribution in [2.24, 2.45) is 5.92 Å². The molecule has 0 aliphatic carbocycles. The summed E-state index contributed by atoms with van der Waals surface area (Å²) in [5.41, 5.74) is 0. The molecule has 1 atom stereocenters. The van der Waals surface area contributed by atoms with Gasteiger partial charge in [-0.25, -0.2) is 0 Å². The largest absolute Gasteiger partial charge is 0.497 e. The van der Waals surface area contributed by atoms with Gasteiger partial charge in [-0.05, 0) is 35.9 Å². The lowest BCUT2D eigenvalue weighted by Crippen LogP contribution is -1.98. The molecule has 0 aliphatic rings. The third-order valence-corrected chi connectivity index (χ3v) is 3.87. The van der Waals surface area contributed by atoms with Crippen LogP contribution in [0.25, 0.3) is 0 Å². The second-order valence-electron chi connectivity index (χ2n) is 3.27. The van der Waals surface area contributed by atoms with Gasteiger partial charge in [-0.15, -0.1) is 11.8 Å². The Kier molecular flexibility index (Phi) is 5.26. The molecule has 3 heteroatoms. The first kappa shape index (κ1) is 11.8. The highest BCUT2D eigenvalue weighted by Crippen LogP contribution is 2.23. The molecule has 1 unspecified atom stereocenters. The second kappa shape index (κ2) is 6.25. The average Bonchev–Trinajstić information content (AvgIpc) is 2.26. The molecule has 0 aromatic heterocycles. The minimum absolute atomic E-state index is 0.658. The van der Waals surface area contributed by atoms with E-state index in [1.165, 1.54) is 4.90 Å². The second-order valence-corrected chi connectivity index (χ2v) is 4.73. The van der Waals surface area contributed by atoms with Crippen molar-refractivity contribution in [2.45, 2.75) is 11.8 Å². The van der Waals surface area contributed by atoms with Gasteiger partial charge >= 0.3 is 0 Å². The fourth-order valence-electron chi connectivity index (χ4n) is 0.963. The summed E-state index contributed by atoms with van der Waals surface area (Å²) < 4.78 is 5.09. The predicted octanol–water partition coefficient (Wildman–Crippen LogP) is 3.35. The highest BCUT2D eigenvalue weighted by Gasteiger charge is 2.00. The molecule has 1 rings (SSSR count). The molecule has 14 heavy (non-hydrogen) atoms. The maximum absolute atomic E-state index is 5.09. The van der Waals surface area contributed by atoms with E-state index in [2.05, 4.69) is 31.7 Å². The summed E-state index contributed by atoms with van der Waals surface area (Å²) in [4.78, 5) is 1.29. The first-order chi connectivity index (χ1) is 6.76. The smallest absolute Gasteiger partial charge is 0.118 e. The molecule has 0 spiro atoms. The van der Waals surface area contributed by atoms with Crippen LogP contribution in [-0.4, -0.2) is 18.6 Å². The maximum atomic E-state index is 5.09. The van der Waals surface area contributed by atoms with Gasteiger partial charge in [0.05, 0.1) is 7.11 Å². The molecule has 78 valence electrons. The van der Waals surface area contributed by atoms with Crippen molar-refractivity contribution < 1.29 is 4.74 Å². The van der Waals surface area contributed by atoms with Crippen LogP contribution >= 0.6 is 24.4 Å². The van der Waals surface area contributed by atoms with Crippen LogP contribution in [0.1, 0.15) is 6.92 Å². The molecule has 0 aliphatic heterocycles. The number of hydrogen-bond acceptors (Lipinski definition) is 3. The van der Waals surface area contributed by atoms with Crippen molar-refractivity contribution in [3.8, 4) is 5.75 Å². The van der Waals surface area contributed by atoms with Gasteiger partial charge in [0.1, 0.15) is 5.75 Å². The van der Waals surface area contributed by atoms with Crippen LogP contribution in [0.3, 0.4) is 0 Å². The molecular weight excluding hydrogens is 212 g/mol. The predicted molar refractivity (Wildman–Crippen MR) is 66.7 cm³/mol. The molecule has 1 nitrogen and oxygen atoms in total. The van der Waals surface area contributed by atoms with E-state index < -0.39 is 0 Å². The lowest BCUT2D eigenvalue weighted by molar-refractivity contribution is 0.414. The van der Waals surface area contributed by atoms with E-state index in [-0.39, 0.29) is 0 Å². The van der Waals surface area contributed by atoms with E-state index in [1.807, 2.05) is 23.9 Å². The van der Waals surface area contributed by atoms with E-state index >= 15 is 0 Å². The summed E-state index contributed by atoms with van der Waals surface area (Å²) in [6, 6.07) is 8.17. The summed E-state index contributed by atoms with van der Waals surface area (Å²) in [6.45, 7) is 2.21. The van der Waals surface area contributed by atoms with Gasteiger partial charge in [0, 0.05) is 10.6 Å². The molecular formula is C11H16OS2. The number of ether oxygens (including phenoxy) is 1. The fourth-order valence-corrected chi connectivity index (χ4v) is 2.19. The SMILES string of the molecule is COc1ccc(SCC(C)CS)cc1. The van der Waals surface area contributed by atoms with E-state index in [9.17, 15) is 0 Å². The van der Waals surface area contributed by atoms with Gasteiger partial charge < -0.3 is 4.74 Å². The van der Waals surface area contributed by atoms with Crippen LogP contribution in [0.2, 0.25) is 0 Å². The summed E-state index contributed by atoms with van der Waals surface area (Å²) in [5, 5.41) is 0. The van der Waals surface area contributed by atoms with Crippen LogP contribution in [0.15, 0.2) is 29.2 Å². The normalized spacial score (nSPS) is 12.5. The molecule has 0 heterocycles. The molecule has 0 amide bonds. The van der Waals surface area contributed by atoms with Crippen molar-refractivity contribution >= 4 is 24.4 Å². The van der Waals surface area contributed by atoms with Crippen molar-refractivity contribution in [1.82, 2.24) is 0 Å². The summed E-state index contributed by atoms with van der Waals surface area (Å²) in [5.74, 6) is 3.64. The van der Waals surface area contributed by atoms with Crippen molar-refractivity contribution in [2.75, 3.05) is 18.6 Å². The van der Waals surface area contributed by atoms with E-state index in [1.54, 1.807) is 7.11 Å². The van der Waals surface area contributed by atoms with Crippen LogP contribution in [0.5, 0.6) is 5.75 Å². The maximum Gasteiger partial charge on any atom is 0.118 e. The van der Waals surface area contributed by atoms with E-state index in [0.717, 1.165) is 17.3 Å². The highest BCUT2D eigenvalue weighted by molar-refractivity contribution is 7.99. The summed E-state index contributed by atoms with van der Waals surface area (Å²) in [7, 11) is 1.69. The quantitative estimate of drug-likeness (QED) is 0.611. The van der Waals surface area contributed by atoms with Crippen LogP contribution in [0.4, 0.5) is 0 Å². The van der Waals surface area contributed by atoms with Gasteiger partial charge in [-0.2, -0.15) is 12.6 Å². The van der Waals surface area contributed by atoms with Crippen molar-refractivity contribution in [3.63, 3.8) is 0 Å². The van der Waals surface area contributed by atoms with Gasteiger partial charge in [-0.3, -0.25) is 0 Å². The fraction of sp³-hybridized carbons (Fsp3) is 0.455. The molecule has 0 saturated heterocycles. The molecule has 0 radical (unpaired) electrons. The number of rotatable bonds is 5. The lowest BCUT2D eigenvalue weighted by atomic mass is 10.3. The zero-order valence-electron chi connectivity index (χ0n) is 8.56. The average molecular weight is 228 g/mol. The number of hydrogen-bond donors (Lipinski definition) is 1. The lowest BCUT2D eigenvalue weighted by Gasteiger charge is -2.07. The van der Waals surface area contributed by atoms with E-state index in [0.29, 0.717) is 5.92 Å². The Hall–Kier alpha value is -0.280. The Bertz CT molecular complexity index is 258. The third-order valence-electron chi connectivity index (χ3n) is 1.91. The van der Waals surface area contributed by atoms with Gasteiger partial charge in [-0.1, -0.05) is 6.92 Å². The number of thioether (sulfide) groups is 1. The Morgan fingerprint density at radius 2 is 2.00 bits per heavy atom. The Labute approximate surface area is 95.6 Å². The summed E-state index contributed by atoms with van der Waals surface area (Å²) >= 11 is 6.13. The molecule has 0 saturated carbocycles. The number of benzene rings is 1. The first-order valence-electron chi connectivity index (χ1n) is 4.64. The monoisotopic (exact) mass is 228 g/mol. The molecule has 1 aromatic rings. The van der Waals surface area contributed by atoms with Crippen LogP contribution < -0.4 is 4.74 Å². The van der Waals surface area contributed by atoms with Gasteiger partial charge in [0.2, 0.25) is 0 Å². The van der Waals surface area contributed by atoms with Gasteiger partial charge in [0.25, 0.3) is 0 Å². The number of thiol groups is 1. The van der Waals surface area contributed by atoms with Crippen molar-refractivity contribution in [1.29, 1.82) is 0 Å². The minimum atomic E-state index is 0.658. The van der Waals surface area contributed by atoms with Crippen LogP contribution in [0, 0.1) is 5.92 Å². The molecule has 1 aromatic carbocycles. The standard InChI is InChI=1S/C11H16OS2/c1-9(7-13)8-14-11-5-3-10(12-2)4-6-11/h3-6,9,13H,7-8H2,1-2H3. The molecule has 0 N–H and O–H groups in total. The summed E-state index contributed by atoms with van der Waals surface area (Å²) in [6.07, 6.45) is 0. The Morgan fingerprint density at radius 1 is 1.36 bits per heavy atom. The van der Waals surface area contributed by atoms with Crippen molar-refractivity contribution in [3.05, 3.63) is 24.3 Å². The molecule has 0 fully saturated rings. The Morgan fingerprint density at radius 3 is 2.50 bits per heavy atom. The first-order valence-corrected chi connectivity index (χ1v) is 6.25. The highest BCUT2D eigenvalue weighted by atomic mass is 32.2. The van der Waals surface area contributed by atoms with Gasteiger partial charge in [0.15, 0.2) is 0 Å². The number of methoxy groups -OCH3 is 1.